The number of ether oxygens (including phenoxy) is 2. The molecule has 4 rings (SSSR count). The van der Waals surface area contributed by atoms with Gasteiger partial charge in [0.2, 0.25) is 5.88 Å². The molecule has 0 unspecified atom stereocenters. The molecule has 0 radical (unpaired) electrons. The average molecular weight is 409 g/mol. The maximum absolute atomic E-state index is 11.3. The van der Waals surface area contributed by atoms with Gasteiger partial charge < -0.3 is 19.2 Å². The molecule has 1 aromatic carbocycles. The van der Waals surface area contributed by atoms with Crippen molar-refractivity contribution in [2.45, 2.75) is 58.0 Å². The van der Waals surface area contributed by atoms with Crippen molar-refractivity contribution in [3.8, 4) is 11.6 Å². The van der Waals surface area contributed by atoms with Gasteiger partial charge in [-0.3, -0.25) is 0 Å². The van der Waals surface area contributed by atoms with E-state index < -0.39 is 0 Å². The summed E-state index contributed by atoms with van der Waals surface area (Å²) >= 11 is 0. The number of nitrogens with zero attached hydrogens (tertiary/aromatic N) is 2. The molecule has 1 saturated carbocycles. The van der Waals surface area contributed by atoms with Gasteiger partial charge in [0.1, 0.15) is 17.6 Å². The molecular formula is C25H32N2O3. The van der Waals surface area contributed by atoms with Crippen LogP contribution < -0.4 is 14.4 Å². The molecule has 160 valence electrons. The van der Waals surface area contributed by atoms with Crippen molar-refractivity contribution >= 4 is 11.5 Å². The van der Waals surface area contributed by atoms with E-state index >= 15 is 0 Å². The van der Waals surface area contributed by atoms with Gasteiger partial charge in [-0.15, -0.1) is 0 Å². The lowest BCUT2D eigenvalue weighted by Crippen LogP contribution is -2.24. The second-order valence-corrected chi connectivity index (χ2v) is 8.78. The minimum Gasteiger partial charge on any atom is -0.489 e. The number of benzene rings is 1. The third kappa shape index (κ3) is 5.74. The first-order valence-electron chi connectivity index (χ1n) is 11.2. The smallest absolute Gasteiger partial charge is 0.215 e. The predicted octanol–water partition coefficient (Wildman–Crippen LogP) is 5.00. The van der Waals surface area contributed by atoms with Crippen LogP contribution in [0.1, 0.15) is 57.4 Å². The summed E-state index contributed by atoms with van der Waals surface area (Å²) in [4.78, 5) is 18.0. The third-order valence-electron chi connectivity index (χ3n) is 6.05. The maximum atomic E-state index is 11.3. The highest BCUT2D eigenvalue weighted by Crippen LogP contribution is 2.32. The zero-order valence-electron chi connectivity index (χ0n) is 18.0. The quantitative estimate of drug-likeness (QED) is 0.554. The van der Waals surface area contributed by atoms with Crippen LogP contribution >= 0.6 is 0 Å². The Morgan fingerprint density at radius 2 is 2.00 bits per heavy atom. The van der Waals surface area contributed by atoms with Crippen LogP contribution in [-0.4, -0.2) is 36.6 Å². The fraction of sp³-hybridized carbons (Fsp3) is 0.520. The standard InChI is InChI=1S/C25H32N2O3/c1-18(15-19(2)28)21-5-7-23(8-6-21)30-24-10-13-27(17-24)22-9-12-26-25(16-22)29-14-11-20-3-4-20/h5-9,12,16,18,20,24H,3-4,10-11,13-15,17H2,1-2H3/t18-,24-/m1/s1. The minimum atomic E-state index is 0.165. The van der Waals surface area contributed by atoms with E-state index in [1.807, 2.05) is 30.5 Å². The third-order valence-corrected chi connectivity index (χ3v) is 6.05. The first-order valence-corrected chi connectivity index (χ1v) is 11.2. The number of hydrogen-bond acceptors (Lipinski definition) is 5. The average Bonchev–Trinajstić information content (AvgIpc) is 3.44. The topological polar surface area (TPSA) is 51.7 Å². The molecule has 1 aromatic heterocycles. The van der Waals surface area contributed by atoms with Crippen molar-refractivity contribution in [1.82, 2.24) is 4.98 Å². The van der Waals surface area contributed by atoms with E-state index in [4.69, 9.17) is 9.47 Å². The van der Waals surface area contributed by atoms with Crippen LogP contribution in [0, 0.1) is 5.92 Å². The van der Waals surface area contributed by atoms with E-state index in [1.54, 1.807) is 6.92 Å². The number of rotatable bonds is 10. The number of ketones is 1. The van der Waals surface area contributed by atoms with Gasteiger partial charge in [-0.05, 0) is 48.9 Å². The van der Waals surface area contributed by atoms with Gasteiger partial charge in [-0.2, -0.15) is 0 Å². The Morgan fingerprint density at radius 1 is 1.20 bits per heavy atom. The van der Waals surface area contributed by atoms with Crippen LogP contribution in [0.15, 0.2) is 42.6 Å². The number of carbonyl (C=O) groups excluding carboxylic acids is 1. The maximum Gasteiger partial charge on any atom is 0.215 e. The molecule has 30 heavy (non-hydrogen) atoms. The summed E-state index contributed by atoms with van der Waals surface area (Å²) in [6, 6.07) is 12.3. The van der Waals surface area contributed by atoms with Crippen LogP contribution in [0.4, 0.5) is 5.69 Å². The molecule has 0 bridgehead atoms. The normalized spacial score (nSPS) is 19.5. The predicted molar refractivity (Wildman–Crippen MR) is 118 cm³/mol. The summed E-state index contributed by atoms with van der Waals surface area (Å²) in [6.45, 7) is 6.31. The Morgan fingerprint density at radius 3 is 2.73 bits per heavy atom. The number of anilines is 1. The van der Waals surface area contributed by atoms with Crippen molar-refractivity contribution in [3.05, 3.63) is 48.2 Å². The fourth-order valence-corrected chi connectivity index (χ4v) is 4.09. The molecule has 2 fully saturated rings. The molecule has 2 aliphatic rings. The molecule has 1 aliphatic heterocycles. The highest BCUT2D eigenvalue weighted by atomic mass is 16.5. The van der Waals surface area contributed by atoms with Crippen molar-refractivity contribution in [1.29, 1.82) is 0 Å². The lowest BCUT2D eigenvalue weighted by molar-refractivity contribution is -0.117. The van der Waals surface area contributed by atoms with Crippen LogP contribution in [0.2, 0.25) is 0 Å². The van der Waals surface area contributed by atoms with E-state index in [1.165, 1.54) is 18.4 Å². The van der Waals surface area contributed by atoms with E-state index in [0.717, 1.165) is 49.9 Å². The van der Waals surface area contributed by atoms with Gasteiger partial charge in [0.15, 0.2) is 0 Å². The largest absolute Gasteiger partial charge is 0.489 e. The second kappa shape index (κ2) is 9.50. The van der Waals surface area contributed by atoms with Gasteiger partial charge in [0.25, 0.3) is 0 Å². The summed E-state index contributed by atoms with van der Waals surface area (Å²) in [6.07, 6.45) is 7.41. The van der Waals surface area contributed by atoms with Crippen molar-refractivity contribution in [2.24, 2.45) is 5.92 Å². The van der Waals surface area contributed by atoms with E-state index in [-0.39, 0.29) is 17.8 Å². The van der Waals surface area contributed by atoms with Gasteiger partial charge in [0.05, 0.1) is 13.2 Å². The molecule has 5 nitrogen and oxygen atoms in total. The van der Waals surface area contributed by atoms with Gasteiger partial charge in [0, 0.05) is 37.3 Å². The van der Waals surface area contributed by atoms with Crippen LogP contribution in [0.3, 0.4) is 0 Å². The summed E-state index contributed by atoms with van der Waals surface area (Å²) in [5, 5.41) is 0. The van der Waals surface area contributed by atoms with Crippen molar-refractivity contribution in [2.75, 3.05) is 24.6 Å². The summed E-state index contributed by atoms with van der Waals surface area (Å²) in [5.74, 6) is 2.94. The van der Waals surface area contributed by atoms with Gasteiger partial charge >= 0.3 is 0 Å². The molecule has 2 atom stereocenters. The van der Waals surface area contributed by atoms with E-state index in [0.29, 0.717) is 12.3 Å². The molecule has 1 aliphatic carbocycles. The molecular weight excluding hydrogens is 376 g/mol. The van der Waals surface area contributed by atoms with Crippen LogP contribution in [0.25, 0.3) is 0 Å². The van der Waals surface area contributed by atoms with Crippen molar-refractivity contribution in [3.63, 3.8) is 0 Å². The molecule has 1 saturated heterocycles. The Balaban J connectivity index is 1.28. The lowest BCUT2D eigenvalue weighted by Gasteiger charge is -2.20. The molecule has 2 aromatic rings. The van der Waals surface area contributed by atoms with E-state index in [2.05, 4.69) is 28.9 Å². The molecule has 5 heteroatoms. The van der Waals surface area contributed by atoms with Gasteiger partial charge in [-0.1, -0.05) is 31.9 Å². The zero-order chi connectivity index (χ0) is 20.9. The highest BCUT2D eigenvalue weighted by molar-refractivity contribution is 5.76. The minimum absolute atomic E-state index is 0.165. The Bertz CT molecular complexity index is 848. The number of hydrogen-bond donors (Lipinski definition) is 0. The lowest BCUT2D eigenvalue weighted by atomic mass is 9.96. The Kier molecular flexibility index (Phi) is 6.56. The number of carbonyl (C=O) groups is 1. The van der Waals surface area contributed by atoms with Crippen LogP contribution in [0.5, 0.6) is 11.6 Å². The number of Topliss-reactive ketones (excluding diaryl/α,β-unsaturated/α-hetero) is 1. The number of aromatic nitrogens is 1. The first-order chi connectivity index (χ1) is 14.6. The van der Waals surface area contributed by atoms with Gasteiger partial charge in [-0.25, -0.2) is 4.98 Å². The molecule has 0 spiro atoms. The monoisotopic (exact) mass is 408 g/mol. The molecule has 0 N–H and O–H groups in total. The SMILES string of the molecule is CC(=O)C[C@@H](C)c1ccc(O[C@@H]2CCN(c3ccnc(OCCC4CC4)c3)C2)cc1. The fourth-order valence-electron chi connectivity index (χ4n) is 4.09. The molecule has 0 amide bonds. The van der Waals surface area contributed by atoms with Crippen LogP contribution in [-0.2, 0) is 4.79 Å². The summed E-state index contributed by atoms with van der Waals surface area (Å²) in [7, 11) is 0. The summed E-state index contributed by atoms with van der Waals surface area (Å²) in [5.41, 5.74) is 2.32. The summed E-state index contributed by atoms with van der Waals surface area (Å²) < 4.78 is 12.1. The Labute approximate surface area is 179 Å². The van der Waals surface area contributed by atoms with E-state index in [9.17, 15) is 4.79 Å². The molecule has 2 heterocycles. The second-order valence-electron chi connectivity index (χ2n) is 8.78. The van der Waals surface area contributed by atoms with Crippen molar-refractivity contribution < 1.29 is 14.3 Å². The number of pyridine rings is 1. The Hall–Kier alpha value is -2.56. The highest BCUT2D eigenvalue weighted by Gasteiger charge is 2.25. The first kappa shape index (κ1) is 20.7. The zero-order valence-corrected chi connectivity index (χ0v) is 18.0.